The number of methoxy groups -OCH3 is 1. The lowest BCUT2D eigenvalue weighted by Gasteiger charge is -2.34. The Labute approximate surface area is 303 Å². The summed E-state index contributed by atoms with van der Waals surface area (Å²) < 4.78 is 83.9. The highest BCUT2D eigenvalue weighted by molar-refractivity contribution is 6.04. The Balaban J connectivity index is 0.00000197. The second kappa shape index (κ2) is 13.1. The molecular formula is C39H41F5N6O3. The summed E-state index contributed by atoms with van der Waals surface area (Å²) in [6.45, 7) is 6.90. The number of ether oxygens (including phenoxy) is 2. The number of nitrogens with zero attached hydrogens (tertiary/aromatic N) is 5. The van der Waals surface area contributed by atoms with E-state index in [1.165, 1.54) is 31.4 Å². The van der Waals surface area contributed by atoms with E-state index in [9.17, 15) is 22.7 Å². The first-order valence-corrected chi connectivity index (χ1v) is 18.3. The fourth-order valence-electron chi connectivity index (χ4n) is 8.89. The Hall–Kier alpha value is -4.48. The molecule has 9 rings (SSSR count). The van der Waals surface area contributed by atoms with Gasteiger partial charge in [0.05, 0.1) is 25.2 Å². The molecule has 0 radical (unpaired) electrons. The molecule has 9 nitrogen and oxygen atoms in total. The molecule has 3 aliphatic heterocycles. The number of pyridine rings is 1. The molecule has 4 unspecified atom stereocenters. The van der Waals surface area contributed by atoms with E-state index in [4.69, 9.17) is 20.9 Å². The van der Waals surface area contributed by atoms with E-state index in [2.05, 4.69) is 31.0 Å². The number of piperazine rings is 1. The van der Waals surface area contributed by atoms with Crippen LogP contribution in [0.2, 0.25) is 0 Å². The zero-order chi connectivity index (χ0) is 37.4. The molecule has 280 valence electrons. The average Bonchev–Trinajstić information content (AvgIpc) is 3.99. The van der Waals surface area contributed by atoms with Gasteiger partial charge in [-0.05, 0) is 61.1 Å². The number of aromatic hydroxyl groups is 1. The number of benzene rings is 2. The zero-order valence-corrected chi connectivity index (χ0v) is 29.7. The van der Waals surface area contributed by atoms with Crippen LogP contribution in [0.1, 0.15) is 45.1 Å². The first kappa shape index (κ1) is 35.5. The summed E-state index contributed by atoms with van der Waals surface area (Å²) in [7, 11) is 1.41. The summed E-state index contributed by atoms with van der Waals surface area (Å²) in [4.78, 5) is 18.1. The summed E-state index contributed by atoms with van der Waals surface area (Å²) >= 11 is 0. The smallest absolute Gasteiger partial charge is 0.392 e. The van der Waals surface area contributed by atoms with Crippen LogP contribution >= 0.6 is 0 Å². The molecule has 5 aliphatic rings. The van der Waals surface area contributed by atoms with E-state index >= 15 is 4.39 Å². The average molecular weight is 737 g/mol. The van der Waals surface area contributed by atoms with Crippen molar-refractivity contribution in [3.8, 4) is 41.2 Å². The molecule has 2 N–H and O–H groups in total. The van der Waals surface area contributed by atoms with Crippen LogP contribution in [0.4, 0.5) is 27.8 Å². The Morgan fingerprint density at radius 3 is 2.32 bits per heavy atom. The van der Waals surface area contributed by atoms with Gasteiger partial charge < -0.3 is 29.7 Å². The molecule has 0 spiro atoms. The van der Waals surface area contributed by atoms with Gasteiger partial charge in [-0.3, -0.25) is 0 Å². The molecule has 53 heavy (non-hydrogen) atoms. The number of phenolic OH excluding ortho intramolecular Hbond substituents is 1. The van der Waals surface area contributed by atoms with Gasteiger partial charge in [-0.1, -0.05) is 25.8 Å². The maximum Gasteiger partial charge on any atom is 0.392 e. The third-order valence-corrected chi connectivity index (χ3v) is 11.5. The first-order valence-electron chi connectivity index (χ1n) is 18.3. The molecule has 2 aromatic heterocycles. The fourth-order valence-corrected chi connectivity index (χ4v) is 8.89. The van der Waals surface area contributed by atoms with Crippen molar-refractivity contribution >= 4 is 27.5 Å². The number of alkyl halides is 3. The van der Waals surface area contributed by atoms with Crippen LogP contribution in [0.3, 0.4) is 0 Å². The number of fused-ring (bicyclic) bond motifs is 5. The lowest BCUT2D eigenvalue weighted by molar-refractivity contribution is -0.157. The number of rotatable bonds is 8. The number of anilines is 1. The van der Waals surface area contributed by atoms with Crippen molar-refractivity contribution in [1.82, 2.24) is 25.2 Å². The van der Waals surface area contributed by atoms with Gasteiger partial charge in [0, 0.05) is 61.2 Å². The summed E-state index contributed by atoms with van der Waals surface area (Å²) in [5.41, 5.74) is -0.675. The van der Waals surface area contributed by atoms with Crippen LogP contribution in [0.5, 0.6) is 17.6 Å². The van der Waals surface area contributed by atoms with Crippen LogP contribution < -0.4 is 19.7 Å². The Bertz CT molecular complexity index is 2110. The highest BCUT2D eigenvalue weighted by Crippen LogP contribution is 2.60. The standard InChI is InChI=1S/C37H35F5N6O3.C2H6/c1-3-22-26(38)7-4-18-10-21(49)11-23(27(18)22)31-30(39)32-28(34(44-31)50-2)33(48-12-19-5-6-20(13-48)43-19)46-35(45-32)51-17-36(8-9-36)16-47-14-24-25(15-47)29(24)37(40,41)42;1-2/h1,4,7,10-11,19-20,24-25,29,43,49H,5-6,8-9,12-17H2,2H3;1-2H3. The minimum atomic E-state index is -4.14. The minimum absolute atomic E-state index is 0.0346. The van der Waals surface area contributed by atoms with E-state index in [0.717, 1.165) is 25.7 Å². The summed E-state index contributed by atoms with van der Waals surface area (Å²) in [5.74, 6) is -0.796. The van der Waals surface area contributed by atoms with Crippen molar-refractivity contribution in [3.63, 3.8) is 0 Å². The number of aromatic nitrogens is 3. The van der Waals surface area contributed by atoms with Crippen molar-refractivity contribution in [3.05, 3.63) is 41.5 Å². The second-order valence-corrected chi connectivity index (χ2v) is 14.9. The maximum atomic E-state index is 17.1. The molecule has 3 saturated heterocycles. The van der Waals surface area contributed by atoms with E-state index in [-0.39, 0.29) is 86.7 Å². The number of nitrogens with one attached hydrogen (secondary N) is 1. The van der Waals surface area contributed by atoms with Crippen molar-refractivity contribution in [2.75, 3.05) is 51.3 Å². The van der Waals surface area contributed by atoms with Crippen molar-refractivity contribution in [1.29, 1.82) is 0 Å². The van der Waals surface area contributed by atoms with Gasteiger partial charge in [0.1, 0.15) is 34.0 Å². The quantitative estimate of drug-likeness (QED) is 0.152. The van der Waals surface area contributed by atoms with E-state index in [1.807, 2.05) is 13.8 Å². The lowest BCUT2D eigenvalue weighted by atomic mass is 9.95. The Morgan fingerprint density at radius 2 is 1.70 bits per heavy atom. The molecular weight excluding hydrogens is 695 g/mol. The van der Waals surface area contributed by atoms with Gasteiger partial charge in [0.2, 0.25) is 5.88 Å². The predicted molar refractivity (Wildman–Crippen MR) is 190 cm³/mol. The number of piperidine rings is 1. The molecule has 5 fully saturated rings. The highest BCUT2D eigenvalue weighted by Gasteiger charge is 2.67. The van der Waals surface area contributed by atoms with Crippen LogP contribution in [-0.2, 0) is 0 Å². The third-order valence-electron chi connectivity index (χ3n) is 11.5. The topological polar surface area (TPSA) is 95.9 Å². The second-order valence-electron chi connectivity index (χ2n) is 14.9. The Morgan fingerprint density at radius 1 is 1.00 bits per heavy atom. The lowest BCUT2D eigenvalue weighted by Crippen LogP contribution is -2.51. The zero-order valence-electron chi connectivity index (χ0n) is 29.7. The van der Waals surface area contributed by atoms with Crippen molar-refractivity contribution in [2.24, 2.45) is 23.2 Å². The monoisotopic (exact) mass is 736 g/mol. The maximum absolute atomic E-state index is 17.1. The van der Waals surface area contributed by atoms with Crippen LogP contribution in [-0.4, -0.2) is 89.7 Å². The van der Waals surface area contributed by atoms with E-state index in [1.54, 1.807) is 0 Å². The fraction of sp³-hybridized carbons (Fsp3) is 0.513. The molecule has 0 amide bonds. The van der Waals surface area contributed by atoms with Crippen molar-refractivity contribution in [2.45, 2.75) is 57.8 Å². The van der Waals surface area contributed by atoms with Gasteiger partial charge in [-0.15, -0.1) is 6.42 Å². The molecule has 4 aromatic rings. The van der Waals surface area contributed by atoms with Crippen LogP contribution in [0.25, 0.3) is 32.9 Å². The molecule has 2 saturated carbocycles. The highest BCUT2D eigenvalue weighted by atomic mass is 19.4. The number of halogens is 5. The van der Waals surface area contributed by atoms with Gasteiger partial charge >= 0.3 is 12.2 Å². The molecule has 5 heterocycles. The molecule has 2 aliphatic carbocycles. The molecule has 2 bridgehead atoms. The summed E-state index contributed by atoms with van der Waals surface area (Å²) in [6, 6.07) is 5.71. The molecule has 14 heteroatoms. The van der Waals surface area contributed by atoms with Gasteiger partial charge in [0.15, 0.2) is 5.82 Å². The molecule has 4 atom stereocenters. The normalized spacial score (nSPS) is 25.5. The number of hydrogen-bond acceptors (Lipinski definition) is 9. The van der Waals surface area contributed by atoms with E-state index < -0.39 is 23.7 Å². The SMILES string of the molecule is C#Cc1c(F)ccc2cc(O)cc(-c3nc(OC)c4c(N5CC6CCC(C5)N6)nc(OCC5(CN6CC7C(C6)C7C(F)(F)F)CC5)nc4c3F)c12.CC. The largest absolute Gasteiger partial charge is 0.508 e. The van der Waals surface area contributed by atoms with Gasteiger partial charge in [-0.2, -0.15) is 23.1 Å². The predicted octanol–water partition coefficient (Wildman–Crippen LogP) is 6.68. The number of hydrogen-bond donors (Lipinski definition) is 2. The Kier molecular flexibility index (Phi) is 8.80. The number of likely N-dealkylation sites (tertiary alicyclic amines) is 1. The van der Waals surface area contributed by atoms with Crippen LogP contribution in [0.15, 0.2) is 24.3 Å². The third kappa shape index (κ3) is 6.25. The van der Waals surface area contributed by atoms with E-state index in [0.29, 0.717) is 43.9 Å². The summed E-state index contributed by atoms with van der Waals surface area (Å²) in [6.07, 6.45) is 5.24. The van der Waals surface area contributed by atoms with Crippen LogP contribution in [0, 0.1) is 47.1 Å². The van der Waals surface area contributed by atoms with Gasteiger partial charge in [-0.25, -0.2) is 13.8 Å². The summed E-state index contributed by atoms with van der Waals surface area (Å²) in [5, 5.41) is 15.1. The number of terminal acetylenes is 1. The van der Waals surface area contributed by atoms with Crippen molar-refractivity contribution < 1.29 is 36.5 Å². The molecule has 2 aromatic carbocycles. The minimum Gasteiger partial charge on any atom is -0.508 e. The number of phenols is 1. The first-order chi connectivity index (χ1) is 25.4. The van der Waals surface area contributed by atoms with Gasteiger partial charge in [0.25, 0.3) is 0 Å².